The van der Waals surface area contributed by atoms with Crippen molar-refractivity contribution in [2.75, 3.05) is 6.61 Å². The van der Waals surface area contributed by atoms with Gasteiger partial charge in [-0.3, -0.25) is 0 Å². The van der Waals surface area contributed by atoms with Gasteiger partial charge in [-0.05, 0) is 25.3 Å². The van der Waals surface area contributed by atoms with Crippen molar-refractivity contribution in [1.82, 2.24) is 5.32 Å². The van der Waals surface area contributed by atoms with Crippen LogP contribution in [0.4, 0.5) is 0 Å². The lowest BCUT2D eigenvalue weighted by atomic mass is 10.1. The molecule has 20 heavy (non-hydrogen) atoms. The minimum absolute atomic E-state index is 0.715. The fourth-order valence-corrected chi connectivity index (χ4v) is 2.89. The van der Waals surface area contributed by atoms with Gasteiger partial charge in [-0.1, -0.05) is 57.2 Å². The highest BCUT2D eigenvalue weighted by Gasteiger charge is 2.14. The molecule has 2 rings (SSSR count). The van der Waals surface area contributed by atoms with Gasteiger partial charge >= 0.3 is 0 Å². The van der Waals surface area contributed by atoms with Crippen LogP contribution in [-0.2, 0) is 6.54 Å². The van der Waals surface area contributed by atoms with Crippen molar-refractivity contribution < 1.29 is 4.74 Å². The Hall–Kier alpha value is -1.02. The minimum atomic E-state index is 0.715. The van der Waals surface area contributed by atoms with Gasteiger partial charge in [-0.2, -0.15) is 0 Å². The third-order valence-electron chi connectivity index (χ3n) is 4.16. The molecule has 0 aliphatic heterocycles. The molecule has 1 aliphatic rings. The van der Waals surface area contributed by atoms with Gasteiger partial charge < -0.3 is 10.1 Å². The summed E-state index contributed by atoms with van der Waals surface area (Å²) >= 11 is 0. The molecule has 1 aromatic rings. The topological polar surface area (TPSA) is 21.3 Å². The summed E-state index contributed by atoms with van der Waals surface area (Å²) in [5.74, 6) is 1.06. The van der Waals surface area contributed by atoms with Crippen molar-refractivity contribution >= 4 is 0 Å². The van der Waals surface area contributed by atoms with E-state index in [-0.39, 0.29) is 0 Å². The Morgan fingerprint density at radius 2 is 1.90 bits per heavy atom. The highest BCUT2D eigenvalue weighted by atomic mass is 16.5. The van der Waals surface area contributed by atoms with Crippen molar-refractivity contribution in [3.63, 3.8) is 0 Å². The molecule has 1 aliphatic carbocycles. The summed E-state index contributed by atoms with van der Waals surface area (Å²) in [5, 5.41) is 3.67. The molecule has 0 heterocycles. The molecule has 1 aromatic carbocycles. The standard InChI is InChI=1S/C18H29NO/c1-2-3-4-9-14-20-18-13-8-5-10-16(18)15-19-17-11-6-7-12-17/h5,8,10,13,17,19H,2-4,6-7,9,11-12,14-15H2,1H3. The summed E-state index contributed by atoms with van der Waals surface area (Å²) in [6.07, 6.45) is 10.5. The van der Waals surface area contributed by atoms with Gasteiger partial charge in [0.05, 0.1) is 6.61 Å². The van der Waals surface area contributed by atoms with E-state index in [0.29, 0.717) is 6.04 Å². The van der Waals surface area contributed by atoms with Crippen LogP contribution < -0.4 is 10.1 Å². The zero-order valence-corrected chi connectivity index (χ0v) is 12.9. The zero-order valence-electron chi connectivity index (χ0n) is 12.9. The largest absolute Gasteiger partial charge is 0.493 e. The van der Waals surface area contributed by atoms with E-state index < -0.39 is 0 Å². The van der Waals surface area contributed by atoms with Crippen molar-refractivity contribution in [3.05, 3.63) is 29.8 Å². The van der Waals surface area contributed by atoms with Crippen LogP contribution in [0.5, 0.6) is 5.75 Å². The van der Waals surface area contributed by atoms with E-state index in [4.69, 9.17) is 4.74 Å². The molecule has 112 valence electrons. The second-order valence-electron chi connectivity index (χ2n) is 5.88. The van der Waals surface area contributed by atoms with Gasteiger partial charge in [0, 0.05) is 18.2 Å². The first-order chi connectivity index (χ1) is 9.90. The van der Waals surface area contributed by atoms with Gasteiger partial charge in [-0.15, -0.1) is 0 Å². The molecule has 0 unspecified atom stereocenters. The molecule has 0 radical (unpaired) electrons. The molecule has 0 amide bonds. The first-order valence-corrected chi connectivity index (χ1v) is 8.34. The maximum atomic E-state index is 5.96. The molecule has 0 spiro atoms. The van der Waals surface area contributed by atoms with Gasteiger partial charge in [0.15, 0.2) is 0 Å². The monoisotopic (exact) mass is 275 g/mol. The second kappa shape index (κ2) is 9.02. The summed E-state index contributed by atoms with van der Waals surface area (Å²) in [6, 6.07) is 9.18. The van der Waals surface area contributed by atoms with E-state index in [0.717, 1.165) is 25.3 Å². The Morgan fingerprint density at radius 1 is 1.10 bits per heavy atom. The summed E-state index contributed by atoms with van der Waals surface area (Å²) in [5.41, 5.74) is 1.30. The highest BCUT2D eigenvalue weighted by Crippen LogP contribution is 2.21. The van der Waals surface area contributed by atoms with Crippen molar-refractivity contribution in [1.29, 1.82) is 0 Å². The van der Waals surface area contributed by atoms with E-state index in [1.807, 2.05) is 0 Å². The molecule has 0 saturated heterocycles. The fourth-order valence-electron chi connectivity index (χ4n) is 2.89. The van der Waals surface area contributed by atoms with Crippen LogP contribution in [0, 0.1) is 0 Å². The summed E-state index contributed by atoms with van der Waals surface area (Å²) < 4.78 is 5.96. The van der Waals surface area contributed by atoms with Gasteiger partial charge in [0.25, 0.3) is 0 Å². The number of hydrogen-bond donors (Lipinski definition) is 1. The van der Waals surface area contributed by atoms with E-state index in [2.05, 4.69) is 36.5 Å². The Labute approximate surface area is 123 Å². The lowest BCUT2D eigenvalue weighted by Crippen LogP contribution is -2.25. The third-order valence-corrected chi connectivity index (χ3v) is 4.16. The SMILES string of the molecule is CCCCCCOc1ccccc1CNC1CCCC1. The third kappa shape index (κ3) is 5.16. The Kier molecular flexibility index (Phi) is 6.93. The summed E-state index contributed by atoms with van der Waals surface area (Å²) in [6.45, 7) is 4.03. The number of para-hydroxylation sites is 1. The molecular formula is C18H29NO. The van der Waals surface area contributed by atoms with E-state index in [1.54, 1.807) is 0 Å². The van der Waals surface area contributed by atoms with E-state index in [9.17, 15) is 0 Å². The van der Waals surface area contributed by atoms with E-state index in [1.165, 1.54) is 50.5 Å². The van der Waals surface area contributed by atoms with Crippen LogP contribution in [-0.4, -0.2) is 12.6 Å². The Balaban J connectivity index is 1.76. The summed E-state index contributed by atoms with van der Waals surface area (Å²) in [4.78, 5) is 0. The van der Waals surface area contributed by atoms with Crippen LogP contribution in [0.25, 0.3) is 0 Å². The summed E-state index contributed by atoms with van der Waals surface area (Å²) in [7, 11) is 0. The lowest BCUT2D eigenvalue weighted by Gasteiger charge is -2.15. The zero-order chi connectivity index (χ0) is 14.0. The molecule has 1 fully saturated rings. The van der Waals surface area contributed by atoms with Gasteiger partial charge in [0.2, 0.25) is 0 Å². The molecule has 0 aromatic heterocycles. The molecule has 1 N–H and O–H groups in total. The Morgan fingerprint density at radius 3 is 2.70 bits per heavy atom. The predicted molar refractivity (Wildman–Crippen MR) is 85.2 cm³/mol. The maximum absolute atomic E-state index is 5.96. The molecule has 2 heteroatoms. The maximum Gasteiger partial charge on any atom is 0.123 e. The van der Waals surface area contributed by atoms with Gasteiger partial charge in [-0.25, -0.2) is 0 Å². The average molecular weight is 275 g/mol. The molecule has 2 nitrogen and oxygen atoms in total. The Bertz CT molecular complexity index is 371. The highest BCUT2D eigenvalue weighted by molar-refractivity contribution is 5.33. The number of hydrogen-bond acceptors (Lipinski definition) is 2. The lowest BCUT2D eigenvalue weighted by molar-refractivity contribution is 0.301. The van der Waals surface area contributed by atoms with E-state index >= 15 is 0 Å². The van der Waals surface area contributed by atoms with Crippen LogP contribution in [0.2, 0.25) is 0 Å². The molecular weight excluding hydrogens is 246 g/mol. The van der Waals surface area contributed by atoms with Crippen LogP contribution in [0.1, 0.15) is 63.9 Å². The fraction of sp³-hybridized carbons (Fsp3) is 0.667. The van der Waals surface area contributed by atoms with Crippen molar-refractivity contribution in [3.8, 4) is 5.75 Å². The minimum Gasteiger partial charge on any atom is -0.493 e. The van der Waals surface area contributed by atoms with Crippen molar-refractivity contribution in [2.45, 2.75) is 70.9 Å². The molecule has 0 atom stereocenters. The molecule has 0 bridgehead atoms. The van der Waals surface area contributed by atoms with Gasteiger partial charge in [0.1, 0.15) is 5.75 Å². The predicted octanol–water partition coefficient (Wildman–Crippen LogP) is 4.68. The number of benzene rings is 1. The van der Waals surface area contributed by atoms with Crippen LogP contribution in [0.15, 0.2) is 24.3 Å². The second-order valence-corrected chi connectivity index (χ2v) is 5.88. The average Bonchev–Trinajstić information content (AvgIpc) is 2.99. The molecule has 1 saturated carbocycles. The normalized spacial score (nSPS) is 15.7. The quantitative estimate of drug-likeness (QED) is 0.661. The van der Waals surface area contributed by atoms with Crippen LogP contribution >= 0.6 is 0 Å². The van der Waals surface area contributed by atoms with Crippen LogP contribution in [0.3, 0.4) is 0 Å². The number of unbranched alkanes of at least 4 members (excludes halogenated alkanes) is 3. The number of ether oxygens (including phenoxy) is 1. The first kappa shape index (κ1) is 15.4. The number of nitrogens with one attached hydrogen (secondary N) is 1. The van der Waals surface area contributed by atoms with Crippen molar-refractivity contribution in [2.24, 2.45) is 0 Å². The first-order valence-electron chi connectivity index (χ1n) is 8.34. The smallest absolute Gasteiger partial charge is 0.123 e. The number of rotatable bonds is 9.